The molecule has 0 unspecified atom stereocenters. The van der Waals surface area contributed by atoms with Gasteiger partial charge < -0.3 is 9.72 Å². The molecule has 1 aromatic carbocycles. The van der Waals surface area contributed by atoms with Crippen molar-refractivity contribution in [1.82, 2.24) is 40.3 Å². The Morgan fingerprint density at radius 2 is 1.91 bits per heavy atom. The molecule has 3 N–H and O–H groups in total. The van der Waals surface area contributed by atoms with E-state index in [0.29, 0.717) is 39.4 Å². The van der Waals surface area contributed by atoms with Crippen LogP contribution >= 0.6 is 0 Å². The number of hydrogen-bond acceptors (Lipinski definition) is 6. The summed E-state index contributed by atoms with van der Waals surface area (Å²) in [6.07, 6.45) is 8.55. The predicted molar refractivity (Wildman–Crippen MR) is 116 cm³/mol. The average Bonchev–Trinajstić information content (AvgIpc) is 3.56. The number of imidazole rings is 1. The fourth-order valence-electron chi connectivity index (χ4n) is 3.74. The summed E-state index contributed by atoms with van der Waals surface area (Å²) in [6, 6.07) is 6.44. The van der Waals surface area contributed by atoms with Gasteiger partial charge in [-0.05, 0) is 23.8 Å². The van der Waals surface area contributed by atoms with Gasteiger partial charge in [0.1, 0.15) is 17.3 Å². The van der Waals surface area contributed by atoms with Crippen LogP contribution in [0.25, 0.3) is 55.8 Å². The van der Waals surface area contributed by atoms with Crippen LogP contribution in [0.15, 0.2) is 55.2 Å². The Morgan fingerprint density at radius 1 is 0.969 bits per heavy atom. The van der Waals surface area contributed by atoms with Crippen molar-refractivity contribution < 1.29 is 9.13 Å². The van der Waals surface area contributed by atoms with Crippen LogP contribution in [0.1, 0.15) is 0 Å². The van der Waals surface area contributed by atoms with Gasteiger partial charge in [-0.1, -0.05) is 0 Å². The molecule has 0 atom stereocenters. The quantitative estimate of drug-likeness (QED) is 0.390. The van der Waals surface area contributed by atoms with Gasteiger partial charge in [-0.2, -0.15) is 10.2 Å². The van der Waals surface area contributed by atoms with E-state index in [4.69, 9.17) is 9.72 Å². The summed E-state index contributed by atoms with van der Waals surface area (Å²) in [6.45, 7) is 0. The van der Waals surface area contributed by atoms with Crippen LogP contribution in [0.2, 0.25) is 0 Å². The molecule has 9 nitrogen and oxygen atoms in total. The van der Waals surface area contributed by atoms with E-state index in [1.165, 1.54) is 19.2 Å². The van der Waals surface area contributed by atoms with Crippen LogP contribution in [0.5, 0.6) is 5.75 Å². The number of halogens is 1. The molecule has 0 spiro atoms. The lowest BCUT2D eigenvalue weighted by atomic mass is 10.1. The maximum atomic E-state index is 14.1. The molecular formula is C22H15FN8O. The van der Waals surface area contributed by atoms with Gasteiger partial charge in [0, 0.05) is 35.0 Å². The highest BCUT2D eigenvalue weighted by Crippen LogP contribution is 2.33. The van der Waals surface area contributed by atoms with Crippen molar-refractivity contribution in [2.75, 3.05) is 7.11 Å². The number of nitrogens with zero attached hydrogens (tertiary/aromatic N) is 5. The topological polar surface area (TPSA) is 121 Å². The van der Waals surface area contributed by atoms with Crippen molar-refractivity contribution >= 4 is 21.9 Å². The Balaban J connectivity index is 1.51. The maximum absolute atomic E-state index is 14.1. The molecule has 6 rings (SSSR count). The highest BCUT2D eigenvalue weighted by atomic mass is 19.1. The Bertz CT molecular complexity index is 1580. The molecule has 0 saturated heterocycles. The number of fused-ring (bicyclic) bond motifs is 2. The van der Waals surface area contributed by atoms with Crippen LogP contribution in [0.4, 0.5) is 4.39 Å². The van der Waals surface area contributed by atoms with Crippen molar-refractivity contribution in [3.63, 3.8) is 0 Å². The minimum atomic E-state index is -0.398. The second-order valence-electron chi connectivity index (χ2n) is 7.22. The molecule has 0 radical (unpaired) electrons. The zero-order chi connectivity index (χ0) is 21.7. The fraction of sp³-hybridized carbons (Fsp3) is 0.0455. The third-order valence-electron chi connectivity index (χ3n) is 5.28. The number of pyridine rings is 2. The maximum Gasteiger partial charge on any atom is 0.159 e. The Labute approximate surface area is 179 Å². The molecule has 0 saturated carbocycles. The summed E-state index contributed by atoms with van der Waals surface area (Å²) in [4.78, 5) is 16.8. The summed E-state index contributed by atoms with van der Waals surface area (Å²) < 4.78 is 19.3. The number of H-pyrrole nitrogens is 3. The smallest absolute Gasteiger partial charge is 0.159 e. The van der Waals surface area contributed by atoms with E-state index in [1.807, 2.05) is 6.07 Å². The molecular weight excluding hydrogens is 411 g/mol. The molecule has 10 heteroatoms. The average molecular weight is 426 g/mol. The van der Waals surface area contributed by atoms with E-state index in [1.54, 1.807) is 37.1 Å². The highest BCUT2D eigenvalue weighted by molar-refractivity contribution is 5.97. The molecule has 0 aliphatic carbocycles. The second-order valence-corrected chi connectivity index (χ2v) is 7.22. The first-order valence-corrected chi connectivity index (χ1v) is 9.72. The van der Waals surface area contributed by atoms with Crippen molar-refractivity contribution in [2.45, 2.75) is 0 Å². The van der Waals surface area contributed by atoms with Gasteiger partial charge in [-0.15, -0.1) is 0 Å². The van der Waals surface area contributed by atoms with E-state index in [9.17, 15) is 4.39 Å². The molecule has 156 valence electrons. The molecule has 0 bridgehead atoms. The molecule has 0 amide bonds. The number of rotatable bonds is 4. The monoisotopic (exact) mass is 426 g/mol. The van der Waals surface area contributed by atoms with Gasteiger partial charge in [0.15, 0.2) is 5.82 Å². The van der Waals surface area contributed by atoms with Gasteiger partial charge >= 0.3 is 0 Å². The minimum absolute atomic E-state index is 0.398. The first kappa shape index (κ1) is 18.2. The lowest BCUT2D eigenvalue weighted by Gasteiger charge is -2.06. The summed E-state index contributed by atoms with van der Waals surface area (Å²) in [5.74, 6) is 0.586. The van der Waals surface area contributed by atoms with Gasteiger partial charge in [-0.3, -0.25) is 20.2 Å². The standard InChI is InChI=1S/C22H15FN8O/c1-32-14-3-11(2-13(23)4-14)16-8-24-9-19-20(16)29-22(28-19)21-15-5-17(12-6-26-27-7-12)25-10-18(15)30-31-21/h2-10H,1H3,(H,26,27)(H,28,29)(H,30,31). The van der Waals surface area contributed by atoms with Gasteiger partial charge in [0.2, 0.25) is 0 Å². The van der Waals surface area contributed by atoms with Crippen LogP contribution in [-0.4, -0.2) is 47.4 Å². The first-order chi connectivity index (χ1) is 15.7. The number of hydrogen-bond donors (Lipinski definition) is 3. The van der Waals surface area contributed by atoms with E-state index in [2.05, 4.69) is 35.3 Å². The number of aromatic nitrogens is 8. The summed E-state index contributed by atoms with van der Waals surface area (Å²) >= 11 is 0. The molecule has 0 aliphatic heterocycles. The zero-order valence-corrected chi connectivity index (χ0v) is 16.7. The second kappa shape index (κ2) is 6.98. The normalized spacial score (nSPS) is 11.4. The summed E-state index contributed by atoms with van der Waals surface area (Å²) in [7, 11) is 1.50. The molecule has 0 aliphatic rings. The number of methoxy groups -OCH3 is 1. The number of benzene rings is 1. The lowest BCUT2D eigenvalue weighted by Crippen LogP contribution is -1.89. The highest BCUT2D eigenvalue weighted by Gasteiger charge is 2.17. The fourth-order valence-corrected chi connectivity index (χ4v) is 3.74. The minimum Gasteiger partial charge on any atom is -0.497 e. The number of nitrogens with one attached hydrogen (secondary N) is 3. The Morgan fingerprint density at radius 3 is 2.75 bits per heavy atom. The van der Waals surface area contributed by atoms with Crippen molar-refractivity contribution in [3.05, 3.63) is 61.1 Å². The van der Waals surface area contributed by atoms with Crippen LogP contribution in [0.3, 0.4) is 0 Å². The molecule has 5 heterocycles. The third-order valence-corrected chi connectivity index (χ3v) is 5.28. The van der Waals surface area contributed by atoms with Crippen molar-refractivity contribution in [2.24, 2.45) is 0 Å². The lowest BCUT2D eigenvalue weighted by molar-refractivity contribution is 0.411. The van der Waals surface area contributed by atoms with Crippen LogP contribution in [-0.2, 0) is 0 Å². The van der Waals surface area contributed by atoms with Crippen LogP contribution < -0.4 is 4.74 Å². The predicted octanol–water partition coefficient (Wildman–Crippen LogP) is 4.10. The third kappa shape index (κ3) is 2.88. The van der Waals surface area contributed by atoms with E-state index >= 15 is 0 Å². The van der Waals surface area contributed by atoms with E-state index in [-0.39, 0.29) is 0 Å². The van der Waals surface area contributed by atoms with Gasteiger partial charge in [0.25, 0.3) is 0 Å². The molecule has 0 fully saturated rings. The summed E-state index contributed by atoms with van der Waals surface area (Å²) in [5.41, 5.74) is 5.73. The van der Waals surface area contributed by atoms with E-state index < -0.39 is 5.82 Å². The largest absolute Gasteiger partial charge is 0.497 e. The Hall–Kier alpha value is -4.60. The number of ether oxygens (including phenoxy) is 1. The molecule has 5 aromatic heterocycles. The Kier molecular flexibility index (Phi) is 3.97. The van der Waals surface area contributed by atoms with E-state index in [0.717, 1.165) is 22.2 Å². The first-order valence-electron chi connectivity index (χ1n) is 9.72. The van der Waals surface area contributed by atoms with Crippen LogP contribution in [0, 0.1) is 5.82 Å². The van der Waals surface area contributed by atoms with Crippen molar-refractivity contribution in [3.8, 4) is 39.7 Å². The summed E-state index contributed by atoms with van der Waals surface area (Å²) in [5, 5.41) is 15.1. The SMILES string of the molecule is COc1cc(F)cc(-c2cncc3[nH]c(-c4n[nH]c5cnc(-c6cn[nH]c6)cc45)nc23)c1. The molecule has 6 aromatic rings. The molecule has 32 heavy (non-hydrogen) atoms. The van der Waals surface area contributed by atoms with Gasteiger partial charge in [0.05, 0.1) is 47.9 Å². The zero-order valence-electron chi connectivity index (χ0n) is 16.7. The van der Waals surface area contributed by atoms with Gasteiger partial charge in [-0.25, -0.2) is 9.37 Å². The van der Waals surface area contributed by atoms with Crippen molar-refractivity contribution in [1.29, 1.82) is 0 Å². The number of aromatic amines is 3.